The van der Waals surface area contributed by atoms with E-state index in [0.29, 0.717) is 11.5 Å². The maximum absolute atomic E-state index is 13.8. The normalized spacial score (nSPS) is 12.2. The van der Waals surface area contributed by atoms with E-state index in [4.69, 9.17) is 18.9 Å². The van der Waals surface area contributed by atoms with E-state index in [-0.39, 0.29) is 12.0 Å². The number of ether oxygens (including phenoxy) is 4. The third-order valence-corrected chi connectivity index (χ3v) is 5.24. The zero-order valence-corrected chi connectivity index (χ0v) is 20.8. The van der Waals surface area contributed by atoms with E-state index in [1.165, 1.54) is 14.2 Å². The number of Topliss-reactive ketones (excluding diaryl/α,β-unsaturated/α-hetero) is 1. The Hall–Kier alpha value is -3.64. The third kappa shape index (κ3) is 7.17. The van der Waals surface area contributed by atoms with Gasteiger partial charge in [-0.1, -0.05) is 60.7 Å². The van der Waals surface area contributed by atoms with Crippen molar-refractivity contribution in [3.63, 3.8) is 0 Å². The molecule has 0 aliphatic heterocycles. The van der Waals surface area contributed by atoms with Crippen molar-refractivity contribution in [1.29, 1.82) is 0 Å². The van der Waals surface area contributed by atoms with Crippen LogP contribution in [-0.2, 0) is 14.3 Å². The Morgan fingerprint density at radius 3 is 1.86 bits per heavy atom. The van der Waals surface area contributed by atoms with E-state index in [0.717, 1.165) is 11.1 Å². The zero-order valence-electron chi connectivity index (χ0n) is 20.8. The van der Waals surface area contributed by atoms with Gasteiger partial charge < -0.3 is 18.9 Å². The van der Waals surface area contributed by atoms with Gasteiger partial charge in [0, 0.05) is 0 Å². The number of carbonyl (C=O) groups is 2. The molecule has 1 atom stereocenters. The molecular formula is C29H32O6. The van der Waals surface area contributed by atoms with E-state index in [1.54, 1.807) is 39.0 Å². The predicted molar refractivity (Wildman–Crippen MR) is 134 cm³/mol. The highest BCUT2D eigenvalue weighted by Crippen LogP contribution is 2.32. The molecule has 0 radical (unpaired) electrons. The van der Waals surface area contributed by atoms with Crippen molar-refractivity contribution in [3.05, 3.63) is 95.6 Å². The van der Waals surface area contributed by atoms with Gasteiger partial charge in [-0.3, -0.25) is 9.59 Å². The molecule has 0 N–H and O–H groups in total. The summed E-state index contributed by atoms with van der Waals surface area (Å²) in [6.07, 6.45) is -1.96. The maximum Gasteiger partial charge on any atom is 0.309 e. The topological polar surface area (TPSA) is 71.1 Å². The average Bonchev–Trinajstić information content (AvgIpc) is 2.85. The van der Waals surface area contributed by atoms with Gasteiger partial charge in [0.1, 0.15) is 29.3 Å². The lowest BCUT2D eigenvalue weighted by atomic mass is 9.98. The smallest absolute Gasteiger partial charge is 0.309 e. The van der Waals surface area contributed by atoms with E-state index in [1.807, 2.05) is 60.7 Å². The van der Waals surface area contributed by atoms with Gasteiger partial charge in [-0.2, -0.15) is 0 Å². The Labute approximate surface area is 206 Å². The van der Waals surface area contributed by atoms with Crippen LogP contribution in [0, 0.1) is 0 Å². The average molecular weight is 477 g/mol. The van der Waals surface area contributed by atoms with Crippen molar-refractivity contribution in [2.45, 2.75) is 45.0 Å². The number of benzene rings is 3. The van der Waals surface area contributed by atoms with E-state index < -0.39 is 29.6 Å². The SMILES string of the molecule is COc1ccc(OC)c(C(=O)[C@@H](CC(=O)OC(C)(C)C)OC(c2ccccc2)c2ccccc2)c1. The molecule has 3 rings (SSSR count). The quantitative estimate of drug-likeness (QED) is 0.272. The second-order valence-corrected chi connectivity index (χ2v) is 9.05. The van der Waals surface area contributed by atoms with Crippen LogP contribution < -0.4 is 9.47 Å². The van der Waals surface area contributed by atoms with E-state index in [2.05, 4.69) is 0 Å². The van der Waals surface area contributed by atoms with E-state index in [9.17, 15) is 9.59 Å². The first-order valence-electron chi connectivity index (χ1n) is 11.4. The monoisotopic (exact) mass is 476 g/mol. The molecule has 0 fully saturated rings. The van der Waals surface area contributed by atoms with Gasteiger partial charge in [-0.05, 0) is 50.1 Å². The summed E-state index contributed by atoms with van der Waals surface area (Å²) in [6.45, 7) is 5.35. The number of esters is 1. The van der Waals surface area contributed by atoms with Gasteiger partial charge in [-0.15, -0.1) is 0 Å². The molecule has 6 heteroatoms. The molecule has 6 nitrogen and oxygen atoms in total. The summed E-state index contributed by atoms with van der Waals surface area (Å²) < 4.78 is 22.7. The largest absolute Gasteiger partial charge is 0.497 e. The maximum atomic E-state index is 13.8. The lowest BCUT2D eigenvalue weighted by Crippen LogP contribution is -2.33. The minimum atomic E-state index is -1.13. The second-order valence-electron chi connectivity index (χ2n) is 9.05. The summed E-state index contributed by atoms with van der Waals surface area (Å²) >= 11 is 0. The summed E-state index contributed by atoms with van der Waals surface area (Å²) in [5, 5.41) is 0. The standard InChI is InChI=1S/C29H32O6/c1-29(2,3)35-26(30)19-25(27(31)23-18-22(32-4)16-17-24(23)33-5)34-28(20-12-8-6-9-13-20)21-14-10-7-11-15-21/h6-18,25,28H,19H2,1-5H3/t25-/m1/s1. The van der Waals surface area contributed by atoms with Crippen LogP contribution in [0.4, 0.5) is 0 Å². The van der Waals surface area contributed by atoms with Gasteiger partial charge in [0.25, 0.3) is 0 Å². The summed E-state index contributed by atoms with van der Waals surface area (Å²) in [5.41, 5.74) is 1.29. The van der Waals surface area contributed by atoms with Crippen LogP contribution in [0.15, 0.2) is 78.9 Å². The van der Waals surface area contributed by atoms with Crippen LogP contribution in [0.5, 0.6) is 11.5 Å². The van der Waals surface area contributed by atoms with Crippen molar-refractivity contribution in [1.82, 2.24) is 0 Å². The van der Waals surface area contributed by atoms with Crippen LogP contribution in [0.1, 0.15) is 54.8 Å². The van der Waals surface area contributed by atoms with Crippen molar-refractivity contribution >= 4 is 11.8 Å². The molecule has 35 heavy (non-hydrogen) atoms. The molecule has 0 saturated heterocycles. The summed E-state index contributed by atoms with van der Waals surface area (Å²) in [4.78, 5) is 26.7. The summed E-state index contributed by atoms with van der Waals surface area (Å²) in [7, 11) is 3.00. The summed E-state index contributed by atoms with van der Waals surface area (Å²) in [6, 6.07) is 24.1. The fourth-order valence-corrected chi connectivity index (χ4v) is 3.69. The molecule has 3 aromatic carbocycles. The molecule has 184 valence electrons. The van der Waals surface area contributed by atoms with Crippen LogP contribution in [0.3, 0.4) is 0 Å². The molecule has 0 bridgehead atoms. The lowest BCUT2D eigenvalue weighted by molar-refractivity contribution is -0.157. The number of rotatable bonds is 10. The van der Waals surface area contributed by atoms with Crippen LogP contribution in [0.2, 0.25) is 0 Å². The Balaban J connectivity index is 2.03. The molecule has 0 aliphatic carbocycles. The first-order chi connectivity index (χ1) is 16.7. The molecule has 0 amide bonds. The van der Waals surface area contributed by atoms with Crippen molar-refractivity contribution in [2.75, 3.05) is 14.2 Å². The lowest BCUT2D eigenvalue weighted by Gasteiger charge is -2.27. The highest BCUT2D eigenvalue weighted by atomic mass is 16.6. The molecule has 0 heterocycles. The molecule has 0 spiro atoms. The van der Waals surface area contributed by atoms with Crippen molar-refractivity contribution in [2.24, 2.45) is 0 Å². The molecule has 3 aromatic rings. The first kappa shape index (κ1) is 26.0. The Kier molecular flexibility index (Phi) is 8.66. The zero-order chi connectivity index (χ0) is 25.4. The fraction of sp³-hybridized carbons (Fsp3) is 0.310. The van der Waals surface area contributed by atoms with Crippen molar-refractivity contribution < 1.29 is 28.5 Å². The highest BCUT2D eigenvalue weighted by molar-refractivity contribution is 6.03. The van der Waals surface area contributed by atoms with E-state index >= 15 is 0 Å². The second kappa shape index (κ2) is 11.7. The molecular weight excluding hydrogens is 444 g/mol. The van der Waals surface area contributed by atoms with Gasteiger partial charge in [0.05, 0.1) is 26.2 Å². The number of carbonyl (C=O) groups excluding carboxylic acids is 2. The Bertz CT molecular complexity index is 1080. The minimum absolute atomic E-state index is 0.257. The van der Waals surface area contributed by atoms with Crippen molar-refractivity contribution in [3.8, 4) is 11.5 Å². The van der Waals surface area contributed by atoms with Crippen LogP contribution in [0.25, 0.3) is 0 Å². The highest BCUT2D eigenvalue weighted by Gasteiger charge is 2.32. The first-order valence-corrected chi connectivity index (χ1v) is 11.4. The fourth-order valence-electron chi connectivity index (χ4n) is 3.69. The number of ketones is 1. The Morgan fingerprint density at radius 1 is 0.800 bits per heavy atom. The molecule has 0 aromatic heterocycles. The number of hydrogen-bond acceptors (Lipinski definition) is 6. The molecule has 0 saturated carbocycles. The minimum Gasteiger partial charge on any atom is -0.497 e. The van der Waals surface area contributed by atoms with Gasteiger partial charge >= 0.3 is 5.97 Å². The Morgan fingerprint density at radius 2 is 1.37 bits per heavy atom. The number of hydrogen-bond donors (Lipinski definition) is 0. The van der Waals surface area contributed by atoms with Crippen LogP contribution in [-0.4, -0.2) is 37.7 Å². The predicted octanol–water partition coefficient (Wildman–Crippen LogP) is 5.79. The van der Waals surface area contributed by atoms with Gasteiger partial charge in [0.2, 0.25) is 0 Å². The van der Waals surface area contributed by atoms with Gasteiger partial charge in [0.15, 0.2) is 5.78 Å². The van der Waals surface area contributed by atoms with Crippen LogP contribution >= 0.6 is 0 Å². The van der Waals surface area contributed by atoms with Gasteiger partial charge in [-0.25, -0.2) is 0 Å². The summed E-state index contributed by atoms with van der Waals surface area (Å²) in [5.74, 6) is -0.0709. The molecule has 0 aliphatic rings. The third-order valence-electron chi connectivity index (χ3n) is 5.24. The number of methoxy groups -OCH3 is 2. The molecule has 0 unspecified atom stereocenters.